The van der Waals surface area contributed by atoms with Gasteiger partial charge in [-0.05, 0) is 6.07 Å². The van der Waals surface area contributed by atoms with Crippen molar-refractivity contribution in [1.82, 2.24) is 24.9 Å². The summed E-state index contributed by atoms with van der Waals surface area (Å²) in [5, 5.41) is 4.05. The van der Waals surface area contributed by atoms with E-state index >= 15 is 0 Å². The number of benzene rings is 1. The highest BCUT2D eigenvalue weighted by molar-refractivity contribution is 5.94. The Morgan fingerprint density at radius 1 is 1.12 bits per heavy atom. The van der Waals surface area contributed by atoms with Crippen molar-refractivity contribution in [3.05, 3.63) is 60.2 Å². The van der Waals surface area contributed by atoms with Crippen molar-refractivity contribution < 1.29 is 9.32 Å². The molecule has 1 amide bonds. The Morgan fingerprint density at radius 3 is 2.64 bits per heavy atom. The van der Waals surface area contributed by atoms with Crippen molar-refractivity contribution in [1.29, 1.82) is 0 Å². The summed E-state index contributed by atoms with van der Waals surface area (Å²) in [4.78, 5) is 23.8. The minimum absolute atomic E-state index is 0.0741. The Labute approximate surface area is 145 Å². The standard InChI is InChI=1S/C18H19N5O2/c24-18(15-6-7-19-12-15)23-10-8-22(9-11-23)13-16-20-17(21-25-16)14-4-2-1-3-5-14/h1-7,12,19H,8-11,13H2. The summed E-state index contributed by atoms with van der Waals surface area (Å²) in [6.07, 6.45) is 3.50. The van der Waals surface area contributed by atoms with Crippen molar-refractivity contribution in [2.75, 3.05) is 26.2 Å². The van der Waals surface area contributed by atoms with Crippen LogP contribution in [0.3, 0.4) is 0 Å². The molecule has 1 aliphatic rings. The van der Waals surface area contributed by atoms with Gasteiger partial charge >= 0.3 is 0 Å². The summed E-state index contributed by atoms with van der Waals surface area (Å²) in [7, 11) is 0. The number of carbonyl (C=O) groups excluding carboxylic acids is 1. The van der Waals surface area contributed by atoms with Crippen LogP contribution in [0, 0.1) is 0 Å². The molecule has 3 aromatic rings. The lowest BCUT2D eigenvalue weighted by Crippen LogP contribution is -2.48. The summed E-state index contributed by atoms with van der Waals surface area (Å²) < 4.78 is 5.37. The SMILES string of the molecule is O=C(c1cc[nH]c1)N1CCN(Cc2nc(-c3ccccc3)no2)CC1. The van der Waals surface area contributed by atoms with E-state index < -0.39 is 0 Å². The highest BCUT2D eigenvalue weighted by Crippen LogP contribution is 2.16. The smallest absolute Gasteiger partial charge is 0.255 e. The number of aromatic amines is 1. The van der Waals surface area contributed by atoms with Gasteiger partial charge < -0.3 is 14.4 Å². The van der Waals surface area contributed by atoms with Gasteiger partial charge in [0.25, 0.3) is 5.91 Å². The minimum Gasteiger partial charge on any atom is -0.367 e. The van der Waals surface area contributed by atoms with E-state index in [0.29, 0.717) is 36.9 Å². The van der Waals surface area contributed by atoms with Crippen LogP contribution < -0.4 is 0 Å². The molecule has 0 saturated carbocycles. The number of aromatic nitrogens is 3. The van der Waals surface area contributed by atoms with E-state index in [1.54, 1.807) is 18.5 Å². The zero-order valence-corrected chi connectivity index (χ0v) is 13.8. The van der Waals surface area contributed by atoms with Crippen molar-refractivity contribution in [3.8, 4) is 11.4 Å². The lowest BCUT2D eigenvalue weighted by atomic mass is 10.2. The first-order chi connectivity index (χ1) is 12.3. The average Bonchev–Trinajstić information content (AvgIpc) is 3.35. The van der Waals surface area contributed by atoms with E-state index in [4.69, 9.17) is 4.52 Å². The third-order valence-corrected chi connectivity index (χ3v) is 4.36. The third-order valence-electron chi connectivity index (χ3n) is 4.36. The molecule has 1 fully saturated rings. The van der Waals surface area contributed by atoms with Gasteiger partial charge in [-0.25, -0.2) is 0 Å². The van der Waals surface area contributed by atoms with E-state index in [9.17, 15) is 4.79 Å². The zero-order chi connectivity index (χ0) is 17.1. The fourth-order valence-corrected chi connectivity index (χ4v) is 2.96. The van der Waals surface area contributed by atoms with Crippen LogP contribution in [-0.2, 0) is 6.54 Å². The molecule has 1 N–H and O–H groups in total. The first kappa shape index (κ1) is 15.6. The van der Waals surface area contributed by atoms with Crippen LogP contribution in [-0.4, -0.2) is 57.0 Å². The largest absolute Gasteiger partial charge is 0.367 e. The van der Waals surface area contributed by atoms with Gasteiger partial charge in [-0.1, -0.05) is 35.5 Å². The molecule has 0 unspecified atom stereocenters. The van der Waals surface area contributed by atoms with Gasteiger partial charge in [-0.15, -0.1) is 0 Å². The molecule has 25 heavy (non-hydrogen) atoms. The van der Waals surface area contributed by atoms with E-state index in [1.165, 1.54) is 0 Å². The summed E-state index contributed by atoms with van der Waals surface area (Å²) in [5.41, 5.74) is 1.65. The predicted octanol–water partition coefficient (Wildman–Crippen LogP) is 2.02. The molecule has 7 heteroatoms. The Hall–Kier alpha value is -2.93. The molecule has 7 nitrogen and oxygen atoms in total. The maximum atomic E-state index is 12.3. The van der Waals surface area contributed by atoms with Crippen LogP contribution in [0.1, 0.15) is 16.2 Å². The van der Waals surface area contributed by atoms with Gasteiger partial charge in [0.1, 0.15) is 0 Å². The van der Waals surface area contributed by atoms with Gasteiger partial charge in [0.2, 0.25) is 11.7 Å². The summed E-state index contributed by atoms with van der Waals surface area (Å²) >= 11 is 0. The molecule has 0 aliphatic carbocycles. The normalized spacial score (nSPS) is 15.4. The van der Waals surface area contributed by atoms with E-state index in [0.717, 1.165) is 18.7 Å². The molecule has 0 radical (unpaired) electrons. The Morgan fingerprint density at radius 2 is 1.92 bits per heavy atom. The fraction of sp³-hybridized carbons (Fsp3) is 0.278. The molecule has 0 atom stereocenters. The van der Waals surface area contributed by atoms with Crippen LogP contribution in [0.25, 0.3) is 11.4 Å². The fourth-order valence-electron chi connectivity index (χ4n) is 2.96. The van der Waals surface area contributed by atoms with Gasteiger partial charge in [0, 0.05) is 44.1 Å². The topological polar surface area (TPSA) is 78.3 Å². The molecular formula is C18H19N5O2. The van der Waals surface area contributed by atoms with Gasteiger partial charge in [-0.2, -0.15) is 4.98 Å². The zero-order valence-electron chi connectivity index (χ0n) is 13.8. The van der Waals surface area contributed by atoms with Crippen molar-refractivity contribution in [3.63, 3.8) is 0 Å². The Kier molecular flexibility index (Phi) is 4.30. The number of hydrogen-bond donors (Lipinski definition) is 1. The number of nitrogens with one attached hydrogen (secondary N) is 1. The molecule has 0 spiro atoms. The van der Waals surface area contributed by atoms with Crippen molar-refractivity contribution >= 4 is 5.91 Å². The number of amides is 1. The van der Waals surface area contributed by atoms with E-state index in [1.807, 2.05) is 35.2 Å². The van der Waals surface area contributed by atoms with E-state index in [2.05, 4.69) is 20.0 Å². The second-order valence-corrected chi connectivity index (χ2v) is 6.05. The monoisotopic (exact) mass is 337 g/mol. The first-order valence-electron chi connectivity index (χ1n) is 8.32. The van der Waals surface area contributed by atoms with E-state index in [-0.39, 0.29) is 5.91 Å². The minimum atomic E-state index is 0.0741. The molecule has 128 valence electrons. The average molecular weight is 337 g/mol. The molecule has 1 aromatic carbocycles. The van der Waals surface area contributed by atoms with Crippen LogP contribution in [0.2, 0.25) is 0 Å². The van der Waals surface area contributed by atoms with Gasteiger partial charge in [-0.3, -0.25) is 9.69 Å². The number of rotatable bonds is 4. The Balaban J connectivity index is 1.33. The highest BCUT2D eigenvalue weighted by Gasteiger charge is 2.23. The number of hydrogen-bond acceptors (Lipinski definition) is 5. The number of carbonyl (C=O) groups is 1. The quantitative estimate of drug-likeness (QED) is 0.788. The lowest BCUT2D eigenvalue weighted by molar-refractivity contribution is 0.0615. The highest BCUT2D eigenvalue weighted by atomic mass is 16.5. The maximum Gasteiger partial charge on any atom is 0.255 e. The van der Waals surface area contributed by atoms with Crippen LogP contribution in [0.4, 0.5) is 0 Å². The number of nitrogens with zero attached hydrogens (tertiary/aromatic N) is 4. The lowest BCUT2D eigenvalue weighted by Gasteiger charge is -2.33. The summed E-state index contributed by atoms with van der Waals surface area (Å²) in [6, 6.07) is 11.6. The Bertz CT molecular complexity index is 820. The number of piperazine rings is 1. The second-order valence-electron chi connectivity index (χ2n) is 6.05. The molecule has 1 aliphatic heterocycles. The predicted molar refractivity (Wildman–Crippen MR) is 91.7 cm³/mol. The first-order valence-corrected chi connectivity index (χ1v) is 8.32. The molecule has 1 saturated heterocycles. The van der Waals surface area contributed by atoms with Gasteiger partial charge in [0.15, 0.2) is 0 Å². The third kappa shape index (κ3) is 3.46. The molecule has 2 aromatic heterocycles. The van der Waals surface area contributed by atoms with Crippen molar-refractivity contribution in [2.24, 2.45) is 0 Å². The second kappa shape index (κ2) is 6.90. The molecule has 0 bridgehead atoms. The summed E-state index contributed by atoms with van der Waals surface area (Å²) in [5.74, 6) is 1.28. The molecule has 3 heterocycles. The van der Waals surface area contributed by atoms with Crippen LogP contribution in [0.15, 0.2) is 53.3 Å². The molecule has 4 rings (SSSR count). The van der Waals surface area contributed by atoms with Crippen molar-refractivity contribution in [2.45, 2.75) is 6.54 Å². The molecular weight excluding hydrogens is 318 g/mol. The van der Waals surface area contributed by atoms with Crippen LogP contribution >= 0.6 is 0 Å². The maximum absolute atomic E-state index is 12.3. The van der Waals surface area contributed by atoms with Crippen LogP contribution in [0.5, 0.6) is 0 Å². The van der Waals surface area contributed by atoms with Gasteiger partial charge in [0.05, 0.1) is 12.1 Å². The summed E-state index contributed by atoms with van der Waals surface area (Å²) in [6.45, 7) is 3.58. The number of H-pyrrole nitrogens is 1.